The predicted molar refractivity (Wildman–Crippen MR) is 67.5 cm³/mol. The summed E-state index contributed by atoms with van der Waals surface area (Å²) in [6.45, 7) is 2.52. The van der Waals surface area contributed by atoms with Crippen LogP contribution < -0.4 is 5.32 Å². The maximum atomic E-state index is 13.4. The van der Waals surface area contributed by atoms with Gasteiger partial charge in [0.25, 0.3) is 5.91 Å². The molecule has 1 aromatic rings. The topological polar surface area (TPSA) is 47.6 Å². The van der Waals surface area contributed by atoms with E-state index in [-0.39, 0.29) is 5.76 Å². The van der Waals surface area contributed by atoms with Gasteiger partial charge in [0.1, 0.15) is 25.3 Å². The third kappa shape index (κ3) is 2.81. The van der Waals surface area contributed by atoms with Crippen molar-refractivity contribution in [1.82, 2.24) is 0 Å². The Morgan fingerprint density at radius 2 is 2.22 bits per heavy atom. The van der Waals surface area contributed by atoms with Gasteiger partial charge in [0.2, 0.25) is 5.76 Å². The van der Waals surface area contributed by atoms with Crippen LogP contribution in [-0.4, -0.2) is 19.1 Å². The van der Waals surface area contributed by atoms with E-state index in [4.69, 9.17) is 9.47 Å². The highest BCUT2D eigenvalue weighted by Gasteiger charge is 2.16. The zero-order valence-electron chi connectivity index (χ0n) is 9.63. The first-order chi connectivity index (χ1) is 8.58. The van der Waals surface area contributed by atoms with E-state index in [0.29, 0.717) is 23.4 Å². The van der Waals surface area contributed by atoms with Gasteiger partial charge in [-0.3, -0.25) is 4.79 Å². The van der Waals surface area contributed by atoms with Gasteiger partial charge in [0.05, 0.1) is 4.47 Å². The van der Waals surface area contributed by atoms with Crippen LogP contribution in [0.4, 0.5) is 10.1 Å². The number of hydrogen-bond donors (Lipinski definition) is 1. The first-order valence-corrected chi connectivity index (χ1v) is 6.09. The van der Waals surface area contributed by atoms with E-state index in [1.54, 1.807) is 13.0 Å². The number of halogens is 2. The largest absolute Gasteiger partial charge is 0.494 e. The first kappa shape index (κ1) is 12.9. The van der Waals surface area contributed by atoms with Crippen molar-refractivity contribution < 1.29 is 18.7 Å². The molecule has 1 N–H and O–H groups in total. The van der Waals surface area contributed by atoms with Crippen LogP contribution in [0.3, 0.4) is 0 Å². The van der Waals surface area contributed by atoms with Gasteiger partial charge in [0, 0.05) is 5.69 Å². The average molecular weight is 316 g/mol. The Morgan fingerprint density at radius 3 is 2.89 bits per heavy atom. The lowest BCUT2D eigenvalue weighted by atomic mass is 10.2. The van der Waals surface area contributed by atoms with E-state index in [9.17, 15) is 9.18 Å². The average Bonchev–Trinajstić information content (AvgIpc) is 2.37. The van der Waals surface area contributed by atoms with Crippen molar-refractivity contribution >= 4 is 27.5 Å². The fourth-order valence-corrected chi connectivity index (χ4v) is 1.91. The quantitative estimate of drug-likeness (QED) is 0.913. The molecule has 6 heteroatoms. The fourth-order valence-electron chi connectivity index (χ4n) is 1.45. The number of hydrogen-bond acceptors (Lipinski definition) is 3. The Kier molecular flexibility index (Phi) is 3.86. The number of amides is 1. The van der Waals surface area contributed by atoms with Crippen molar-refractivity contribution in [2.24, 2.45) is 0 Å². The minimum atomic E-state index is -0.459. The molecule has 0 aliphatic carbocycles. The van der Waals surface area contributed by atoms with Gasteiger partial charge in [-0.2, -0.15) is 0 Å². The molecule has 0 aromatic heterocycles. The van der Waals surface area contributed by atoms with Crippen molar-refractivity contribution in [3.63, 3.8) is 0 Å². The smallest absolute Gasteiger partial charge is 0.294 e. The molecule has 1 heterocycles. The maximum Gasteiger partial charge on any atom is 0.294 e. The van der Waals surface area contributed by atoms with E-state index < -0.39 is 11.7 Å². The van der Waals surface area contributed by atoms with Crippen LogP contribution in [-0.2, 0) is 14.3 Å². The highest BCUT2D eigenvalue weighted by atomic mass is 79.9. The second-order valence-corrected chi connectivity index (χ2v) is 4.59. The minimum Gasteiger partial charge on any atom is -0.494 e. The Hall–Kier alpha value is -1.56. The number of anilines is 1. The van der Waals surface area contributed by atoms with E-state index in [2.05, 4.69) is 21.2 Å². The van der Waals surface area contributed by atoms with E-state index in [1.807, 2.05) is 0 Å². The molecule has 0 radical (unpaired) electrons. The lowest BCUT2D eigenvalue weighted by molar-refractivity contribution is -0.117. The second kappa shape index (κ2) is 5.39. The molecule has 96 valence electrons. The van der Waals surface area contributed by atoms with Crippen molar-refractivity contribution in [2.75, 3.05) is 18.5 Å². The molecule has 1 amide bonds. The zero-order chi connectivity index (χ0) is 13.1. The van der Waals surface area contributed by atoms with E-state index in [1.165, 1.54) is 12.3 Å². The van der Waals surface area contributed by atoms with E-state index >= 15 is 0 Å². The lowest BCUT2D eigenvalue weighted by Crippen LogP contribution is -2.21. The van der Waals surface area contributed by atoms with Crippen molar-refractivity contribution in [1.29, 1.82) is 0 Å². The van der Waals surface area contributed by atoms with Crippen LogP contribution in [0.25, 0.3) is 0 Å². The Balaban J connectivity index is 2.16. The molecule has 1 aliphatic rings. The molecule has 0 fully saturated rings. The third-order valence-corrected chi connectivity index (χ3v) is 3.00. The SMILES string of the molecule is Cc1cc(Br)c(F)cc1NC(=O)C1=COCCO1. The molecular weight excluding hydrogens is 305 g/mol. The molecule has 0 bridgehead atoms. The van der Waals surface area contributed by atoms with Crippen LogP contribution in [0, 0.1) is 12.7 Å². The molecule has 0 spiro atoms. The predicted octanol–water partition coefficient (Wildman–Crippen LogP) is 2.72. The minimum absolute atomic E-state index is 0.0870. The summed E-state index contributed by atoms with van der Waals surface area (Å²) in [6, 6.07) is 2.85. The molecule has 1 aromatic carbocycles. The maximum absolute atomic E-state index is 13.4. The van der Waals surface area contributed by atoms with Crippen LogP contribution in [0.15, 0.2) is 28.6 Å². The molecule has 0 atom stereocenters. The summed E-state index contributed by atoms with van der Waals surface area (Å²) in [7, 11) is 0. The number of carbonyl (C=O) groups is 1. The number of nitrogens with one attached hydrogen (secondary N) is 1. The molecule has 2 rings (SSSR count). The van der Waals surface area contributed by atoms with Crippen molar-refractivity contribution in [2.45, 2.75) is 6.92 Å². The first-order valence-electron chi connectivity index (χ1n) is 5.29. The van der Waals surface area contributed by atoms with Crippen LogP contribution >= 0.6 is 15.9 Å². The Morgan fingerprint density at radius 1 is 1.44 bits per heavy atom. The van der Waals surface area contributed by atoms with Gasteiger partial charge in [-0.1, -0.05) is 0 Å². The number of benzene rings is 1. The molecule has 18 heavy (non-hydrogen) atoms. The van der Waals surface area contributed by atoms with Gasteiger partial charge in [-0.15, -0.1) is 0 Å². The number of carbonyl (C=O) groups excluding carboxylic acids is 1. The molecule has 4 nitrogen and oxygen atoms in total. The molecule has 0 saturated carbocycles. The summed E-state index contributed by atoms with van der Waals surface area (Å²) in [5.74, 6) is -0.811. The second-order valence-electron chi connectivity index (χ2n) is 3.74. The standard InChI is InChI=1S/C12H11BrFNO3/c1-7-4-8(13)9(14)5-10(7)15-12(16)11-6-17-2-3-18-11/h4-6H,2-3H2,1H3,(H,15,16). The summed E-state index contributed by atoms with van der Waals surface area (Å²) >= 11 is 3.08. The van der Waals surface area contributed by atoms with Crippen molar-refractivity contribution in [3.8, 4) is 0 Å². The van der Waals surface area contributed by atoms with Crippen LogP contribution in [0.2, 0.25) is 0 Å². The molecule has 1 aliphatic heterocycles. The summed E-state index contributed by atoms with van der Waals surface area (Å²) in [5.41, 5.74) is 1.14. The summed E-state index contributed by atoms with van der Waals surface area (Å²) in [5, 5.41) is 2.57. The number of rotatable bonds is 2. The Labute approximate surface area is 112 Å². The number of aryl methyl sites for hydroxylation is 1. The fraction of sp³-hybridized carbons (Fsp3) is 0.250. The number of ether oxygens (including phenoxy) is 2. The van der Waals surface area contributed by atoms with Gasteiger partial charge in [-0.25, -0.2) is 4.39 Å². The van der Waals surface area contributed by atoms with Gasteiger partial charge >= 0.3 is 0 Å². The summed E-state index contributed by atoms with van der Waals surface area (Å²) in [6.07, 6.45) is 1.25. The van der Waals surface area contributed by atoms with E-state index in [0.717, 1.165) is 5.56 Å². The molecule has 0 saturated heterocycles. The van der Waals surface area contributed by atoms with Gasteiger partial charge < -0.3 is 14.8 Å². The van der Waals surface area contributed by atoms with Crippen LogP contribution in [0.1, 0.15) is 5.56 Å². The lowest BCUT2D eigenvalue weighted by Gasteiger charge is -2.16. The monoisotopic (exact) mass is 315 g/mol. The third-order valence-electron chi connectivity index (χ3n) is 2.39. The highest BCUT2D eigenvalue weighted by molar-refractivity contribution is 9.10. The van der Waals surface area contributed by atoms with Gasteiger partial charge in [-0.05, 0) is 40.5 Å². The van der Waals surface area contributed by atoms with Crippen molar-refractivity contribution in [3.05, 3.63) is 40.0 Å². The summed E-state index contributed by atoms with van der Waals surface area (Å²) in [4.78, 5) is 11.8. The summed E-state index contributed by atoms with van der Waals surface area (Å²) < 4.78 is 23.9. The highest BCUT2D eigenvalue weighted by Crippen LogP contribution is 2.24. The van der Waals surface area contributed by atoms with Crippen LogP contribution in [0.5, 0.6) is 0 Å². The Bertz CT molecular complexity index is 516. The zero-order valence-corrected chi connectivity index (χ0v) is 11.2. The van der Waals surface area contributed by atoms with Gasteiger partial charge in [0.15, 0.2) is 0 Å². The molecule has 0 unspecified atom stereocenters. The molecular formula is C12H11BrFNO3. The normalized spacial score (nSPS) is 14.3.